The normalized spacial score (nSPS) is 13.2. The number of nitrogens with zero attached hydrogens (tertiary/aromatic N) is 1. The number of hydrogen-bond acceptors (Lipinski definition) is 1. The first-order chi connectivity index (χ1) is 8.47. The molecule has 0 spiro atoms. The third-order valence-electron chi connectivity index (χ3n) is 2.91. The van der Waals surface area contributed by atoms with Gasteiger partial charge in [0.25, 0.3) is 0 Å². The van der Waals surface area contributed by atoms with Gasteiger partial charge in [0.2, 0.25) is 0 Å². The zero-order valence-corrected chi connectivity index (χ0v) is 12.4. The van der Waals surface area contributed by atoms with Gasteiger partial charge in [0.1, 0.15) is 5.15 Å². The Labute approximate surface area is 121 Å². The van der Waals surface area contributed by atoms with Crippen molar-refractivity contribution in [2.75, 3.05) is 0 Å². The molecule has 18 heavy (non-hydrogen) atoms. The number of benzene rings is 1. The molecule has 0 aliphatic rings. The number of aliphatic hydroxyl groups is 1. The minimum atomic E-state index is -0.660. The highest BCUT2D eigenvalue weighted by Gasteiger charge is 2.21. The highest BCUT2D eigenvalue weighted by Crippen LogP contribution is 2.39. The third-order valence-corrected chi connectivity index (χ3v) is 3.83. The fourth-order valence-electron chi connectivity index (χ4n) is 2.23. The van der Waals surface area contributed by atoms with Crippen LogP contribution in [0.1, 0.15) is 31.9 Å². The molecule has 1 N–H and O–H groups in total. The summed E-state index contributed by atoms with van der Waals surface area (Å²) in [4.78, 5) is 0. The molecule has 0 saturated carbocycles. The van der Waals surface area contributed by atoms with Crippen molar-refractivity contribution in [2.45, 2.75) is 32.9 Å². The Morgan fingerprint density at radius 2 is 1.94 bits per heavy atom. The summed E-state index contributed by atoms with van der Waals surface area (Å²) in [6.45, 7) is 4.50. The molecule has 5 heteroatoms. The number of halogens is 3. The van der Waals surface area contributed by atoms with E-state index in [2.05, 4.69) is 6.92 Å². The van der Waals surface area contributed by atoms with Crippen LogP contribution in [0.15, 0.2) is 12.1 Å². The second-order valence-electron chi connectivity index (χ2n) is 4.32. The van der Waals surface area contributed by atoms with Crippen molar-refractivity contribution in [1.29, 1.82) is 0 Å². The second kappa shape index (κ2) is 5.30. The molecule has 1 heterocycles. The summed E-state index contributed by atoms with van der Waals surface area (Å²) < 4.78 is 1.93. The average Bonchev–Trinajstić information content (AvgIpc) is 2.52. The molecule has 2 aromatic rings. The van der Waals surface area contributed by atoms with E-state index < -0.39 is 6.10 Å². The fraction of sp³-hybridized carbons (Fsp3) is 0.385. The lowest BCUT2D eigenvalue weighted by atomic mass is 10.1. The lowest BCUT2D eigenvalue weighted by Crippen LogP contribution is -1.98. The van der Waals surface area contributed by atoms with E-state index in [0.717, 1.165) is 23.9 Å². The van der Waals surface area contributed by atoms with Crippen LogP contribution < -0.4 is 0 Å². The van der Waals surface area contributed by atoms with Crippen LogP contribution in [0.5, 0.6) is 0 Å². The quantitative estimate of drug-likeness (QED) is 0.842. The van der Waals surface area contributed by atoms with Crippen LogP contribution in [0, 0.1) is 0 Å². The van der Waals surface area contributed by atoms with Crippen LogP contribution >= 0.6 is 34.8 Å². The van der Waals surface area contributed by atoms with Gasteiger partial charge in [-0.25, -0.2) is 0 Å². The standard InChI is InChI=1S/C13H14Cl3NO/c1-3-4-17-12-9(5-8(14)6-10(12)15)11(7(2)18)13(17)16/h5-7,18H,3-4H2,1-2H3. The van der Waals surface area contributed by atoms with E-state index >= 15 is 0 Å². The van der Waals surface area contributed by atoms with Crippen molar-refractivity contribution in [3.8, 4) is 0 Å². The Bertz CT molecular complexity index is 590. The third kappa shape index (κ3) is 2.23. The van der Waals surface area contributed by atoms with E-state index in [1.54, 1.807) is 19.1 Å². The number of fused-ring (bicyclic) bond motifs is 1. The van der Waals surface area contributed by atoms with Gasteiger partial charge in [0.15, 0.2) is 0 Å². The maximum Gasteiger partial charge on any atom is 0.115 e. The fourth-order valence-corrected chi connectivity index (χ4v) is 3.26. The van der Waals surface area contributed by atoms with Crippen LogP contribution in [-0.4, -0.2) is 9.67 Å². The topological polar surface area (TPSA) is 25.2 Å². The molecule has 1 aromatic heterocycles. The summed E-state index contributed by atoms with van der Waals surface area (Å²) in [5.41, 5.74) is 1.52. The van der Waals surface area contributed by atoms with Gasteiger partial charge in [-0.15, -0.1) is 0 Å². The molecule has 1 unspecified atom stereocenters. The number of aliphatic hydroxyl groups excluding tert-OH is 1. The lowest BCUT2D eigenvalue weighted by molar-refractivity contribution is 0.200. The summed E-state index contributed by atoms with van der Waals surface area (Å²) in [6, 6.07) is 3.49. The number of aryl methyl sites for hydroxylation is 1. The summed E-state index contributed by atoms with van der Waals surface area (Å²) in [5.74, 6) is 0. The van der Waals surface area contributed by atoms with Crippen LogP contribution in [0.25, 0.3) is 10.9 Å². The van der Waals surface area contributed by atoms with Crippen LogP contribution in [0.4, 0.5) is 0 Å². The zero-order valence-electron chi connectivity index (χ0n) is 10.2. The summed E-state index contributed by atoms with van der Waals surface area (Å²) in [5, 5.41) is 12.3. The largest absolute Gasteiger partial charge is 0.389 e. The molecule has 0 aliphatic heterocycles. The first-order valence-electron chi connectivity index (χ1n) is 5.82. The van der Waals surface area contributed by atoms with Crippen molar-refractivity contribution in [2.24, 2.45) is 0 Å². The van der Waals surface area contributed by atoms with E-state index in [1.807, 2.05) is 4.57 Å². The molecule has 0 saturated heterocycles. The van der Waals surface area contributed by atoms with Crippen molar-refractivity contribution in [1.82, 2.24) is 4.57 Å². The Kier molecular flexibility index (Phi) is 4.12. The summed E-state index contributed by atoms with van der Waals surface area (Å²) in [7, 11) is 0. The van der Waals surface area contributed by atoms with Gasteiger partial charge in [-0.2, -0.15) is 0 Å². The monoisotopic (exact) mass is 305 g/mol. The second-order valence-corrected chi connectivity index (χ2v) is 5.52. The number of rotatable bonds is 3. The number of hydrogen-bond donors (Lipinski definition) is 1. The van der Waals surface area contributed by atoms with Crippen molar-refractivity contribution in [3.05, 3.63) is 32.9 Å². The van der Waals surface area contributed by atoms with E-state index in [9.17, 15) is 5.11 Å². The van der Waals surface area contributed by atoms with E-state index in [0.29, 0.717) is 20.8 Å². The molecule has 0 bridgehead atoms. The molecule has 2 nitrogen and oxygen atoms in total. The molecular formula is C13H14Cl3NO. The van der Waals surface area contributed by atoms with Gasteiger partial charge >= 0.3 is 0 Å². The average molecular weight is 307 g/mol. The number of aromatic nitrogens is 1. The Morgan fingerprint density at radius 1 is 1.28 bits per heavy atom. The maximum atomic E-state index is 9.88. The molecule has 98 valence electrons. The molecular weight excluding hydrogens is 293 g/mol. The first kappa shape index (κ1) is 14.0. The van der Waals surface area contributed by atoms with Gasteiger partial charge in [0.05, 0.1) is 16.6 Å². The Morgan fingerprint density at radius 3 is 2.50 bits per heavy atom. The molecule has 1 atom stereocenters. The maximum absolute atomic E-state index is 9.88. The van der Waals surface area contributed by atoms with Crippen molar-refractivity contribution < 1.29 is 5.11 Å². The van der Waals surface area contributed by atoms with Crippen LogP contribution in [-0.2, 0) is 6.54 Å². The highest BCUT2D eigenvalue weighted by atomic mass is 35.5. The van der Waals surface area contributed by atoms with Gasteiger partial charge in [-0.05, 0) is 25.5 Å². The Hall–Kier alpha value is -0.410. The predicted octanol–water partition coefficient (Wildman–Crippen LogP) is 5.06. The van der Waals surface area contributed by atoms with E-state index in [1.165, 1.54) is 0 Å². The van der Waals surface area contributed by atoms with Crippen molar-refractivity contribution in [3.63, 3.8) is 0 Å². The van der Waals surface area contributed by atoms with Gasteiger partial charge in [0, 0.05) is 22.5 Å². The highest BCUT2D eigenvalue weighted by molar-refractivity contribution is 6.40. The van der Waals surface area contributed by atoms with Crippen LogP contribution in [0.3, 0.4) is 0 Å². The molecule has 1 aromatic carbocycles. The lowest BCUT2D eigenvalue weighted by Gasteiger charge is -2.06. The minimum Gasteiger partial charge on any atom is -0.389 e. The smallest absolute Gasteiger partial charge is 0.115 e. The zero-order chi connectivity index (χ0) is 13.4. The first-order valence-corrected chi connectivity index (χ1v) is 6.95. The van der Waals surface area contributed by atoms with E-state index in [-0.39, 0.29) is 0 Å². The predicted molar refractivity (Wildman–Crippen MR) is 77.9 cm³/mol. The molecule has 0 amide bonds. The van der Waals surface area contributed by atoms with E-state index in [4.69, 9.17) is 34.8 Å². The van der Waals surface area contributed by atoms with Gasteiger partial charge < -0.3 is 9.67 Å². The SMILES string of the molecule is CCCn1c(Cl)c(C(C)O)c2cc(Cl)cc(Cl)c21. The summed E-state index contributed by atoms with van der Waals surface area (Å²) in [6.07, 6.45) is 0.273. The summed E-state index contributed by atoms with van der Waals surface area (Å²) >= 11 is 18.6. The Balaban J connectivity index is 2.88. The minimum absolute atomic E-state index is 0.533. The molecule has 0 aliphatic carbocycles. The van der Waals surface area contributed by atoms with Crippen LogP contribution in [0.2, 0.25) is 15.2 Å². The van der Waals surface area contributed by atoms with Gasteiger partial charge in [-0.3, -0.25) is 0 Å². The molecule has 2 rings (SSSR count). The van der Waals surface area contributed by atoms with Gasteiger partial charge in [-0.1, -0.05) is 41.7 Å². The van der Waals surface area contributed by atoms with Crippen molar-refractivity contribution >= 4 is 45.7 Å². The molecule has 0 fully saturated rings. The molecule has 0 radical (unpaired) electrons.